The van der Waals surface area contributed by atoms with E-state index in [9.17, 15) is 25.2 Å². The van der Waals surface area contributed by atoms with Gasteiger partial charge in [0.2, 0.25) is 6.29 Å². The number of fused-ring (bicyclic) bond motifs is 1. The molecule has 1 aliphatic rings. The maximum atomic E-state index is 12.1. The lowest BCUT2D eigenvalue weighted by Gasteiger charge is -2.39. The van der Waals surface area contributed by atoms with Gasteiger partial charge in [0, 0.05) is 18.0 Å². The number of nitrogens with one attached hydrogen (secondary N) is 1. The molecule has 1 fully saturated rings. The molecule has 1 aliphatic heterocycles. The first-order valence-electron chi connectivity index (χ1n) is 9.75. The van der Waals surface area contributed by atoms with Crippen LogP contribution in [0.1, 0.15) is 10.4 Å². The molecule has 0 spiro atoms. The average molecular weight is 429 g/mol. The van der Waals surface area contributed by atoms with Gasteiger partial charge < -0.3 is 39.6 Å². The van der Waals surface area contributed by atoms with Crippen molar-refractivity contribution >= 4 is 16.9 Å². The first kappa shape index (κ1) is 21.3. The fourth-order valence-electron chi connectivity index (χ4n) is 3.53. The molecule has 0 bridgehead atoms. The molecule has 0 aliphatic carbocycles. The number of amides is 1. The summed E-state index contributed by atoms with van der Waals surface area (Å²) in [5.41, 5.74) is 1.83. The number of rotatable bonds is 5. The predicted molar refractivity (Wildman–Crippen MR) is 109 cm³/mol. The van der Waals surface area contributed by atoms with Gasteiger partial charge in [0.25, 0.3) is 5.91 Å². The summed E-state index contributed by atoms with van der Waals surface area (Å²) in [6.07, 6.45) is -6.76. The molecular weight excluding hydrogens is 406 g/mol. The minimum absolute atomic E-state index is 0.207. The zero-order valence-corrected chi connectivity index (χ0v) is 16.6. The molecule has 5 N–H and O–H groups in total. The van der Waals surface area contributed by atoms with Crippen LogP contribution >= 0.6 is 0 Å². The number of benzene rings is 2. The molecule has 31 heavy (non-hydrogen) atoms. The van der Waals surface area contributed by atoms with Gasteiger partial charge in [-0.05, 0) is 42.5 Å². The molecule has 0 radical (unpaired) electrons. The number of hydrogen-bond acceptors (Lipinski definition) is 8. The largest absolute Gasteiger partial charge is 0.462 e. The minimum atomic E-state index is -1.51. The molecule has 5 atom stereocenters. The molecule has 0 saturated carbocycles. The van der Waals surface area contributed by atoms with Crippen molar-refractivity contribution in [1.29, 1.82) is 0 Å². The third-order valence-electron chi connectivity index (χ3n) is 5.27. The van der Waals surface area contributed by atoms with Gasteiger partial charge in [-0.2, -0.15) is 0 Å². The van der Waals surface area contributed by atoms with E-state index >= 15 is 0 Å². The number of aliphatic hydroxyl groups is 4. The van der Waals surface area contributed by atoms with Crippen molar-refractivity contribution in [3.05, 3.63) is 54.1 Å². The monoisotopic (exact) mass is 429 g/mol. The van der Waals surface area contributed by atoms with Gasteiger partial charge in [0.15, 0.2) is 0 Å². The Morgan fingerprint density at radius 1 is 1.06 bits per heavy atom. The van der Waals surface area contributed by atoms with Crippen molar-refractivity contribution in [3.63, 3.8) is 0 Å². The lowest BCUT2D eigenvalue weighted by molar-refractivity contribution is -0.277. The van der Waals surface area contributed by atoms with Crippen molar-refractivity contribution in [2.24, 2.45) is 0 Å². The zero-order valence-electron chi connectivity index (χ0n) is 16.6. The molecule has 2 heterocycles. The second-order valence-electron chi connectivity index (χ2n) is 7.25. The normalized spacial score (nSPS) is 26.0. The Balaban J connectivity index is 1.54. The number of ether oxygens (including phenoxy) is 2. The molecule has 1 saturated heterocycles. The highest BCUT2D eigenvalue weighted by Crippen LogP contribution is 2.31. The molecule has 1 aromatic heterocycles. The fourth-order valence-corrected chi connectivity index (χ4v) is 3.53. The van der Waals surface area contributed by atoms with Gasteiger partial charge in [-0.1, -0.05) is 6.07 Å². The number of hydrogen-bond donors (Lipinski definition) is 5. The molecule has 5 unspecified atom stereocenters. The van der Waals surface area contributed by atoms with Crippen LogP contribution in [-0.2, 0) is 4.74 Å². The number of aliphatic hydroxyl groups excluding tert-OH is 4. The van der Waals surface area contributed by atoms with E-state index in [2.05, 4.69) is 5.32 Å². The summed E-state index contributed by atoms with van der Waals surface area (Å²) < 4.78 is 16.8. The Hall–Kier alpha value is -2.95. The van der Waals surface area contributed by atoms with Crippen LogP contribution in [-0.4, -0.2) is 70.7 Å². The molecule has 1 amide bonds. The Morgan fingerprint density at radius 3 is 2.48 bits per heavy atom. The lowest BCUT2D eigenvalue weighted by Crippen LogP contribution is -2.60. The Kier molecular flexibility index (Phi) is 5.94. The van der Waals surface area contributed by atoms with Crippen molar-refractivity contribution in [1.82, 2.24) is 5.32 Å². The molecule has 9 heteroatoms. The van der Waals surface area contributed by atoms with Crippen LogP contribution in [0.5, 0.6) is 5.75 Å². The highest BCUT2D eigenvalue weighted by molar-refractivity contribution is 6.06. The summed E-state index contributed by atoms with van der Waals surface area (Å²) in [6, 6.07) is 13.8. The summed E-state index contributed by atoms with van der Waals surface area (Å²) in [5.74, 6) is 0.696. The van der Waals surface area contributed by atoms with Gasteiger partial charge in [-0.25, -0.2) is 0 Å². The summed E-state index contributed by atoms with van der Waals surface area (Å²) in [5, 5.41) is 42.4. The Labute approximate surface area is 177 Å². The van der Waals surface area contributed by atoms with Crippen LogP contribution in [0.2, 0.25) is 0 Å². The van der Waals surface area contributed by atoms with E-state index in [0.29, 0.717) is 28.0 Å². The lowest BCUT2D eigenvalue weighted by atomic mass is 9.99. The first-order chi connectivity index (χ1) is 14.9. The van der Waals surface area contributed by atoms with E-state index in [4.69, 9.17) is 13.9 Å². The predicted octanol–water partition coefficient (Wildman–Crippen LogP) is 0.638. The topological polar surface area (TPSA) is 142 Å². The van der Waals surface area contributed by atoms with E-state index in [0.717, 1.165) is 5.56 Å². The molecular formula is C22H23NO8. The molecule has 3 aromatic rings. The number of carbonyl (C=O) groups excluding carboxylic acids is 1. The summed E-state index contributed by atoms with van der Waals surface area (Å²) >= 11 is 0. The van der Waals surface area contributed by atoms with Crippen LogP contribution in [0.25, 0.3) is 22.3 Å². The number of carbonyl (C=O) groups is 1. The van der Waals surface area contributed by atoms with Crippen LogP contribution in [0.4, 0.5) is 0 Å². The fraction of sp³-hybridized carbons (Fsp3) is 0.318. The minimum Gasteiger partial charge on any atom is -0.462 e. The third-order valence-corrected chi connectivity index (χ3v) is 5.27. The van der Waals surface area contributed by atoms with Crippen LogP contribution in [0.15, 0.2) is 52.9 Å². The van der Waals surface area contributed by atoms with E-state index in [1.807, 2.05) is 0 Å². The van der Waals surface area contributed by atoms with E-state index in [1.165, 1.54) is 0 Å². The summed E-state index contributed by atoms with van der Waals surface area (Å²) in [7, 11) is 1.57. The second kappa shape index (κ2) is 8.66. The maximum Gasteiger partial charge on any atom is 0.251 e. The summed E-state index contributed by atoms with van der Waals surface area (Å²) in [4.78, 5) is 12.1. The van der Waals surface area contributed by atoms with Crippen LogP contribution < -0.4 is 10.1 Å². The highest BCUT2D eigenvalue weighted by atomic mass is 16.7. The SMILES string of the molecule is CNC(=O)c1cccc2oc(-c3ccc(OC4OC(CO)C(O)C(O)C4O)cc3)cc12. The zero-order chi connectivity index (χ0) is 22.1. The quantitative estimate of drug-likeness (QED) is 0.398. The summed E-state index contributed by atoms with van der Waals surface area (Å²) in [6.45, 7) is -0.534. The van der Waals surface area contributed by atoms with Gasteiger partial charge in [0.05, 0.1) is 12.2 Å². The molecule has 2 aromatic carbocycles. The molecule has 4 rings (SSSR count). The van der Waals surface area contributed by atoms with E-state index < -0.39 is 37.3 Å². The smallest absolute Gasteiger partial charge is 0.251 e. The molecule has 9 nitrogen and oxygen atoms in total. The Bertz CT molecular complexity index is 1060. The van der Waals surface area contributed by atoms with Gasteiger partial charge in [0.1, 0.15) is 41.5 Å². The van der Waals surface area contributed by atoms with Gasteiger partial charge in [-0.15, -0.1) is 0 Å². The van der Waals surface area contributed by atoms with Crippen LogP contribution in [0.3, 0.4) is 0 Å². The maximum absolute atomic E-state index is 12.1. The van der Waals surface area contributed by atoms with Crippen LogP contribution in [0, 0.1) is 0 Å². The third kappa shape index (κ3) is 4.01. The van der Waals surface area contributed by atoms with Crippen molar-refractivity contribution < 1.29 is 39.1 Å². The second-order valence-corrected chi connectivity index (χ2v) is 7.25. The van der Waals surface area contributed by atoms with E-state index in [-0.39, 0.29) is 5.91 Å². The van der Waals surface area contributed by atoms with E-state index in [1.54, 1.807) is 55.6 Å². The Morgan fingerprint density at radius 2 is 1.81 bits per heavy atom. The molecule has 164 valence electrons. The average Bonchev–Trinajstić information content (AvgIpc) is 3.23. The standard InChI is InChI=1S/C22H23NO8/c1-23-21(28)13-3-2-4-15-14(13)9-16(30-15)11-5-7-12(8-6-11)29-22-20(27)19(26)18(25)17(10-24)31-22/h2-9,17-20,22,24-27H,10H2,1H3,(H,23,28). The highest BCUT2D eigenvalue weighted by Gasteiger charge is 2.44. The first-order valence-corrected chi connectivity index (χ1v) is 9.75. The number of furan rings is 1. The van der Waals surface area contributed by atoms with Crippen molar-refractivity contribution in [2.75, 3.05) is 13.7 Å². The van der Waals surface area contributed by atoms with Crippen molar-refractivity contribution in [3.8, 4) is 17.1 Å². The van der Waals surface area contributed by atoms with Gasteiger partial charge in [-0.3, -0.25) is 4.79 Å². The van der Waals surface area contributed by atoms with Gasteiger partial charge >= 0.3 is 0 Å². The van der Waals surface area contributed by atoms with Crippen molar-refractivity contribution in [2.45, 2.75) is 30.7 Å².